The van der Waals surface area contributed by atoms with Crippen molar-refractivity contribution in [3.8, 4) is 5.75 Å². The zero-order chi connectivity index (χ0) is 14.5. The highest BCUT2D eigenvalue weighted by molar-refractivity contribution is 7.10. The monoisotopic (exact) mass is 293 g/mol. The summed E-state index contributed by atoms with van der Waals surface area (Å²) in [5.74, 6) is 0.939. The van der Waals surface area contributed by atoms with E-state index in [1.165, 1.54) is 10.6 Å². The molecule has 5 heteroatoms. The molecule has 2 aromatic heterocycles. The normalized spacial score (nSPS) is 12.6. The van der Waals surface area contributed by atoms with Gasteiger partial charge in [-0.15, -0.1) is 11.3 Å². The van der Waals surface area contributed by atoms with Crippen LogP contribution >= 0.6 is 11.3 Å². The van der Waals surface area contributed by atoms with Gasteiger partial charge in [-0.3, -0.25) is 4.68 Å². The predicted molar refractivity (Wildman–Crippen MR) is 83.6 cm³/mol. The van der Waals surface area contributed by atoms with E-state index in [4.69, 9.17) is 4.74 Å². The molecular formula is C15H23N3OS. The Morgan fingerprint density at radius 3 is 2.80 bits per heavy atom. The molecular weight excluding hydrogens is 270 g/mol. The minimum Gasteiger partial charge on any atom is -0.496 e. The number of rotatable bonds is 7. The minimum atomic E-state index is 0.318. The highest BCUT2D eigenvalue weighted by Gasteiger charge is 2.16. The fraction of sp³-hybridized carbons (Fsp3) is 0.533. The molecule has 2 heterocycles. The summed E-state index contributed by atoms with van der Waals surface area (Å²) in [6.45, 7) is 5.24. The first-order valence-corrected chi connectivity index (χ1v) is 7.87. The largest absolute Gasteiger partial charge is 0.496 e. The van der Waals surface area contributed by atoms with Crippen LogP contribution in [0.4, 0.5) is 0 Å². The second-order valence-electron chi connectivity index (χ2n) is 5.00. The fourth-order valence-electron chi connectivity index (χ4n) is 2.28. The van der Waals surface area contributed by atoms with Crippen molar-refractivity contribution in [1.82, 2.24) is 15.1 Å². The van der Waals surface area contributed by atoms with Crippen LogP contribution in [0.3, 0.4) is 0 Å². The molecule has 0 amide bonds. The molecule has 0 saturated heterocycles. The van der Waals surface area contributed by atoms with Crippen molar-refractivity contribution in [2.75, 3.05) is 13.7 Å². The van der Waals surface area contributed by atoms with Crippen molar-refractivity contribution in [3.63, 3.8) is 0 Å². The third-order valence-electron chi connectivity index (χ3n) is 3.33. The van der Waals surface area contributed by atoms with Gasteiger partial charge in [0.25, 0.3) is 0 Å². The number of ether oxygens (including phenoxy) is 1. The molecule has 0 aromatic carbocycles. The summed E-state index contributed by atoms with van der Waals surface area (Å²) in [7, 11) is 3.72. The lowest BCUT2D eigenvalue weighted by Crippen LogP contribution is -2.24. The van der Waals surface area contributed by atoms with Crippen LogP contribution in [0.2, 0.25) is 0 Å². The molecule has 0 bridgehead atoms. The Labute approximate surface area is 124 Å². The second-order valence-corrected chi connectivity index (χ2v) is 5.94. The van der Waals surface area contributed by atoms with Gasteiger partial charge in [0.2, 0.25) is 0 Å². The van der Waals surface area contributed by atoms with Crippen molar-refractivity contribution in [1.29, 1.82) is 0 Å². The number of hydrogen-bond donors (Lipinski definition) is 1. The zero-order valence-electron chi connectivity index (χ0n) is 12.6. The lowest BCUT2D eigenvalue weighted by molar-refractivity contribution is 0.415. The van der Waals surface area contributed by atoms with Gasteiger partial charge in [-0.1, -0.05) is 6.92 Å². The van der Waals surface area contributed by atoms with Gasteiger partial charge >= 0.3 is 0 Å². The van der Waals surface area contributed by atoms with Gasteiger partial charge in [0, 0.05) is 35.5 Å². The zero-order valence-corrected chi connectivity index (χ0v) is 13.5. The van der Waals surface area contributed by atoms with Crippen LogP contribution in [0.1, 0.15) is 35.7 Å². The van der Waals surface area contributed by atoms with Crippen LogP contribution in [-0.4, -0.2) is 23.4 Å². The summed E-state index contributed by atoms with van der Waals surface area (Å²) >= 11 is 1.75. The van der Waals surface area contributed by atoms with Gasteiger partial charge in [0.05, 0.1) is 12.8 Å². The maximum absolute atomic E-state index is 5.29. The number of thiophene rings is 1. The standard InChI is InChI=1S/C15H23N3OS/c1-5-6-16-14(15-9-13(19-4)10-20-15)8-12-7-11(2)17-18(12)3/h7,9-10,14,16H,5-6,8H2,1-4H3. The molecule has 0 spiro atoms. The summed E-state index contributed by atoms with van der Waals surface area (Å²) in [5.41, 5.74) is 2.32. The maximum atomic E-state index is 5.29. The highest BCUT2D eigenvalue weighted by Crippen LogP contribution is 2.29. The molecule has 1 atom stereocenters. The molecule has 0 aliphatic rings. The third kappa shape index (κ3) is 3.61. The first-order chi connectivity index (χ1) is 9.63. The summed E-state index contributed by atoms with van der Waals surface area (Å²) in [6, 6.07) is 4.60. The lowest BCUT2D eigenvalue weighted by Gasteiger charge is -2.17. The Bertz CT molecular complexity index is 547. The van der Waals surface area contributed by atoms with E-state index in [2.05, 4.69) is 34.9 Å². The molecule has 1 N–H and O–H groups in total. The van der Waals surface area contributed by atoms with E-state index in [-0.39, 0.29) is 0 Å². The predicted octanol–water partition coefficient (Wildman–Crippen LogP) is 3.08. The van der Waals surface area contributed by atoms with Crippen LogP contribution in [0.25, 0.3) is 0 Å². The van der Waals surface area contributed by atoms with E-state index in [1.54, 1.807) is 18.4 Å². The van der Waals surface area contributed by atoms with Crippen molar-refractivity contribution in [2.45, 2.75) is 32.7 Å². The van der Waals surface area contributed by atoms with Gasteiger partial charge < -0.3 is 10.1 Å². The molecule has 110 valence electrons. The topological polar surface area (TPSA) is 39.1 Å². The number of nitrogens with zero attached hydrogens (tertiary/aromatic N) is 2. The van der Waals surface area contributed by atoms with E-state index < -0.39 is 0 Å². The van der Waals surface area contributed by atoms with E-state index in [0.717, 1.165) is 30.8 Å². The van der Waals surface area contributed by atoms with Crippen LogP contribution in [-0.2, 0) is 13.5 Å². The Balaban J connectivity index is 2.16. The summed E-state index contributed by atoms with van der Waals surface area (Å²) in [4.78, 5) is 1.31. The van der Waals surface area contributed by atoms with Crippen molar-refractivity contribution in [3.05, 3.63) is 33.8 Å². The van der Waals surface area contributed by atoms with Gasteiger partial charge in [-0.25, -0.2) is 0 Å². The van der Waals surface area contributed by atoms with Crippen molar-refractivity contribution >= 4 is 11.3 Å². The van der Waals surface area contributed by atoms with Crippen molar-refractivity contribution in [2.24, 2.45) is 7.05 Å². The van der Waals surface area contributed by atoms with Gasteiger partial charge in [-0.2, -0.15) is 5.10 Å². The van der Waals surface area contributed by atoms with E-state index in [9.17, 15) is 0 Å². The average molecular weight is 293 g/mol. The van der Waals surface area contributed by atoms with E-state index in [0.29, 0.717) is 6.04 Å². The van der Waals surface area contributed by atoms with E-state index in [1.807, 2.05) is 18.7 Å². The van der Waals surface area contributed by atoms with Gasteiger partial charge in [0.1, 0.15) is 5.75 Å². The van der Waals surface area contributed by atoms with E-state index >= 15 is 0 Å². The smallest absolute Gasteiger partial charge is 0.129 e. The first-order valence-electron chi connectivity index (χ1n) is 6.99. The van der Waals surface area contributed by atoms with Crippen molar-refractivity contribution < 1.29 is 4.74 Å². The Hall–Kier alpha value is -1.33. The van der Waals surface area contributed by atoms with Gasteiger partial charge in [-0.05, 0) is 32.0 Å². The van der Waals surface area contributed by atoms with Gasteiger partial charge in [0.15, 0.2) is 0 Å². The Morgan fingerprint density at radius 2 is 2.25 bits per heavy atom. The molecule has 0 fully saturated rings. The number of aromatic nitrogens is 2. The number of nitrogens with one attached hydrogen (secondary N) is 1. The molecule has 20 heavy (non-hydrogen) atoms. The van der Waals surface area contributed by atoms with Crippen LogP contribution in [0, 0.1) is 6.92 Å². The van der Waals surface area contributed by atoms with Crippen LogP contribution in [0.15, 0.2) is 17.5 Å². The Morgan fingerprint density at radius 1 is 1.45 bits per heavy atom. The summed E-state index contributed by atoms with van der Waals surface area (Å²) in [5, 5.41) is 10.1. The maximum Gasteiger partial charge on any atom is 0.129 e. The van der Waals surface area contributed by atoms with Crippen LogP contribution < -0.4 is 10.1 Å². The molecule has 2 aromatic rings. The molecule has 0 radical (unpaired) electrons. The molecule has 0 saturated carbocycles. The summed E-state index contributed by atoms with van der Waals surface area (Å²) < 4.78 is 7.27. The lowest BCUT2D eigenvalue weighted by atomic mass is 10.1. The molecule has 4 nitrogen and oxygen atoms in total. The molecule has 1 unspecified atom stereocenters. The first kappa shape index (κ1) is 15.1. The number of hydrogen-bond acceptors (Lipinski definition) is 4. The molecule has 0 aliphatic carbocycles. The quantitative estimate of drug-likeness (QED) is 0.852. The Kier molecular flexibility index (Phi) is 5.20. The summed E-state index contributed by atoms with van der Waals surface area (Å²) in [6.07, 6.45) is 2.07. The SMILES string of the molecule is CCCNC(Cc1cc(C)nn1C)c1cc(OC)cs1. The molecule has 0 aliphatic heterocycles. The minimum absolute atomic E-state index is 0.318. The second kappa shape index (κ2) is 6.90. The number of aryl methyl sites for hydroxylation is 2. The fourth-order valence-corrected chi connectivity index (χ4v) is 3.21. The average Bonchev–Trinajstić information content (AvgIpc) is 3.01. The highest BCUT2D eigenvalue weighted by atomic mass is 32.1. The molecule has 2 rings (SSSR count). The third-order valence-corrected chi connectivity index (χ3v) is 4.35. The number of methoxy groups -OCH3 is 1. The van der Waals surface area contributed by atoms with Crippen LogP contribution in [0.5, 0.6) is 5.75 Å².